The fourth-order valence-electron chi connectivity index (χ4n) is 2.10. The number of nitrogens with zero attached hydrogens (tertiary/aromatic N) is 3. The Balaban J connectivity index is 2.62. The van der Waals surface area contributed by atoms with Gasteiger partial charge in [-0.25, -0.2) is 4.79 Å². The maximum Gasteiger partial charge on any atom is 0.332 e. The van der Waals surface area contributed by atoms with Crippen molar-refractivity contribution in [1.29, 1.82) is 5.26 Å². The number of nitriles is 1. The first-order chi connectivity index (χ1) is 9.99. The van der Waals surface area contributed by atoms with E-state index in [2.05, 4.69) is 5.32 Å². The number of nitrogens with one attached hydrogen (secondary N) is 1. The molecule has 0 bridgehead atoms. The van der Waals surface area contributed by atoms with Crippen molar-refractivity contribution in [3.63, 3.8) is 0 Å². The Morgan fingerprint density at radius 2 is 1.95 bits per heavy atom. The van der Waals surface area contributed by atoms with Crippen LogP contribution in [0.25, 0.3) is 0 Å². The van der Waals surface area contributed by atoms with Gasteiger partial charge in [0.1, 0.15) is 11.9 Å². The van der Waals surface area contributed by atoms with Crippen molar-refractivity contribution in [2.75, 3.05) is 5.32 Å². The number of benzene rings is 1. The molecule has 1 aromatic heterocycles. The van der Waals surface area contributed by atoms with Crippen LogP contribution in [-0.2, 0) is 20.5 Å². The third-order valence-corrected chi connectivity index (χ3v) is 3.37. The van der Waals surface area contributed by atoms with Gasteiger partial charge in [0.25, 0.3) is 5.56 Å². The van der Waals surface area contributed by atoms with Gasteiger partial charge < -0.3 is 5.32 Å². The molecule has 21 heavy (non-hydrogen) atoms. The predicted octanol–water partition coefficient (Wildman–Crippen LogP) is 1.26. The molecule has 1 N–H and O–H groups in total. The average Bonchev–Trinajstić information content (AvgIpc) is 2.51. The third-order valence-electron chi connectivity index (χ3n) is 3.37. The molecule has 0 amide bonds. The summed E-state index contributed by atoms with van der Waals surface area (Å²) < 4.78 is 2.19. The minimum absolute atomic E-state index is 0.0819. The highest BCUT2D eigenvalue weighted by Gasteiger charge is 2.15. The molecule has 0 fully saturated rings. The summed E-state index contributed by atoms with van der Waals surface area (Å²) in [5, 5.41) is 12.2. The zero-order valence-corrected chi connectivity index (χ0v) is 12.2. The van der Waals surface area contributed by atoms with Gasteiger partial charge in [0.2, 0.25) is 0 Å². The minimum atomic E-state index is -0.602. The first-order valence-electron chi connectivity index (χ1n) is 6.55. The van der Waals surface area contributed by atoms with E-state index in [0.717, 1.165) is 22.2 Å². The van der Waals surface area contributed by atoms with Crippen LogP contribution in [0.15, 0.2) is 33.9 Å². The highest BCUT2D eigenvalue weighted by atomic mass is 16.2. The summed E-state index contributed by atoms with van der Waals surface area (Å²) in [7, 11) is 2.88. The highest BCUT2D eigenvalue weighted by Crippen LogP contribution is 2.18. The second kappa shape index (κ2) is 5.67. The van der Waals surface area contributed by atoms with Crippen LogP contribution in [0.1, 0.15) is 18.1 Å². The monoisotopic (exact) mass is 284 g/mol. The maximum absolute atomic E-state index is 12.0. The second-order valence-electron chi connectivity index (χ2n) is 4.72. The number of hydrogen-bond acceptors (Lipinski definition) is 4. The van der Waals surface area contributed by atoms with Crippen LogP contribution in [0.4, 0.5) is 11.5 Å². The van der Waals surface area contributed by atoms with Crippen molar-refractivity contribution < 1.29 is 0 Å². The summed E-state index contributed by atoms with van der Waals surface area (Å²) in [5.41, 5.74) is 0.686. The van der Waals surface area contributed by atoms with Crippen LogP contribution >= 0.6 is 0 Å². The molecule has 0 atom stereocenters. The molecule has 2 aromatic rings. The van der Waals surface area contributed by atoms with Crippen LogP contribution in [-0.4, -0.2) is 9.13 Å². The van der Waals surface area contributed by atoms with E-state index >= 15 is 0 Å². The quantitative estimate of drug-likeness (QED) is 0.920. The molecular weight excluding hydrogens is 268 g/mol. The van der Waals surface area contributed by atoms with Crippen molar-refractivity contribution in [2.24, 2.45) is 14.1 Å². The molecule has 2 rings (SSSR count). The molecular formula is C15H16N4O2. The third kappa shape index (κ3) is 2.58. The van der Waals surface area contributed by atoms with Crippen molar-refractivity contribution in [2.45, 2.75) is 13.3 Å². The van der Waals surface area contributed by atoms with E-state index in [1.54, 1.807) is 0 Å². The van der Waals surface area contributed by atoms with Crippen LogP contribution in [0.3, 0.4) is 0 Å². The Bertz CT molecular complexity index is 840. The molecule has 0 saturated carbocycles. The van der Waals surface area contributed by atoms with Crippen LogP contribution in [0.2, 0.25) is 0 Å². The Labute approximate surface area is 121 Å². The highest BCUT2D eigenvalue weighted by molar-refractivity contribution is 5.63. The zero-order valence-electron chi connectivity index (χ0n) is 12.2. The normalized spacial score (nSPS) is 10.2. The fraction of sp³-hybridized carbons (Fsp3) is 0.267. The average molecular weight is 284 g/mol. The van der Waals surface area contributed by atoms with Gasteiger partial charge in [-0.15, -0.1) is 0 Å². The summed E-state index contributed by atoms with van der Waals surface area (Å²) in [4.78, 5) is 24.0. The van der Waals surface area contributed by atoms with E-state index in [-0.39, 0.29) is 11.4 Å². The lowest BCUT2D eigenvalue weighted by atomic mass is 10.1. The number of hydrogen-bond donors (Lipinski definition) is 1. The summed E-state index contributed by atoms with van der Waals surface area (Å²) >= 11 is 0. The SMILES string of the molecule is CCc1cccc(Nc2c(C#N)c(=O)n(C)c(=O)n2C)c1. The second-order valence-corrected chi connectivity index (χ2v) is 4.72. The van der Waals surface area contributed by atoms with Gasteiger partial charge in [-0.2, -0.15) is 5.26 Å². The van der Waals surface area contributed by atoms with Gasteiger partial charge in [-0.05, 0) is 24.1 Å². The Hall–Kier alpha value is -2.81. The lowest BCUT2D eigenvalue weighted by Crippen LogP contribution is -2.39. The summed E-state index contributed by atoms with van der Waals surface area (Å²) in [6.07, 6.45) is 0.871. The molecule has 0 aliphatic heterocycles. The van der Waals surface area contributed by atoms with Gasteiger partial charge in [0.15, 0.2) is 5.56 Å². The van der Waals surface area contributed by atoms with Crippen molar-refractivity contribution in [3.8, 4) is 6.07 Å². The number of aryl methyl sites for hydroxylation is 1. The van der Waals surface area contributed by atoms with Gasteiger partial charge in [-0.1, -0.05) is 19.1 Å². The lowest BCUT2D eigenvalue weighted by Gasteiger charge is -2.14. The first kappa shape index (κ1) is 14.6. The maximum atomic E-state index is 12.0. The van der Waals surface area contributed by atoms with Gasteiger partial charge in [0.05, 0.1) is 0 Å². The molecule has 6 nitrogen and oxygen atoms in total. The molecule has 1 heterocycles. The number of aromatic nitrogens is 2. The summed E-state index contributed by atoms with van der Waals surface area (Å²) in [6.45, 7) is 2.04. The Kier molecular flexibility index (Phi) is 3.94. The molecule has 108 valence electrons. The number of anilines is 2. The number of rotatable bonds is 3. The topological polar surface area (TPSA) is 79.8 Å². The van der Waals surface area contributed by atoms with Gasteiger partial charge >= 0.3 is 5.69 Å². The van der Waals surface area contributed by atoms with Crippen molar-refractivity contribution >= 4 is 11.5 Å². The molecule has 0 aliphatic carbocycles. The van der Waals surface area contributed by atoms with Gasteiger partial charge in [0, 0.05) is 19.8 Å². The zero-order chi connectivity index (χ0) is 15.6. The Morgan fingerprint density at radius 1 is 1.24 bits per heavy atom. The van der Waals surface area contributed by atoms with E-state index in [0.29, 0.717) is 0 Å². The predicted molar refractivity (Wildman–Crippen MR) is 80.7 cm³/mol. The van der Waals surface area contributed by atoms with E-state index in [9.17, 15) is 14.9 Å². The van der Waals surface area contributed by atoms with Crippen LogP contribution in [0, 0.1) is 11.3 Å². The van der Waals surface area contributed by atoms with Crippen molar-refractivity contribution in [3.05, 3.63) is 56.2 Å². The van der Waals surface area contributed by atoms with E-state index in [4.69, 9.17) is 0 Å². The van der Waals surface area contributed by atoms with Gasteiger partial charge in [-0.3, -0.25) is 13.9 Å². The van der Waals surface area contributed by atoms with E-state index in [1.165, 1.54) is 18.7 Å². The smallest absolute Gasteiger partial charge is 0.332 e. The Morgan fingerprint density at radius 3 is 2.57 bits per heavy atom. The minimum Gasteiger partial charge on any atom is -0.340 e. The molecule has 0 radical (unpaired) electrons. The summed E-state index contributed by atoms with van der Waals surface area (Å²) in [6, 6.07) is 9.47. The van der Waals surface area contributed by atoms with Crippen LogP contribution in [0.5, 0.6) is 0 Å². The lowest BCUT2D eigenvalue weighted by molar-refractivity contribution is 0.689. The molecule has 0 unspecified atom stereocenters. The van der Waals surface area contributed by atoms with E-state index < -0.39 is 11.2 Å². The molecule has 0 saturated heterocycles. The largest absolute Gasteiger partial charge is 0.340 e. The van der Waals surface area contributed by atoms with Crippen LogP contribution < -0.4 is 16.6 Å². The molecule has 1 aromatic carbocycles. The molecule has 6 heteroatoms. The molecule has 0 spiro atoms. The summed E-state index contributed by atoms with van der Waals surface area (Å²) in [5.74, 6) is 0.207. The fourth-order valence-corrected chi connectivity index (χ4v) is 2.10. The standard InChI is InChI=1S/C15H16N4O2/c1-4-10-6-5-7-11(8-10)17-13-12(9-16)14(20)19(3)15(21)18(13)2/h5-8,17H,4H2,1-3H3. The van der Waals surface area contributed by atoms with E-state index in [1.807, 2.05) is 37.3 Å². The first-order valence-corrected chi connectivity index (χ1v) is 6.55. The molecule has 0 aliphatic rings. The van der Waals surface area contributed by atoms with Crippen molar-refractivity contribution in [1.82, 2.24) is 9.13 Å².